The van der Waals surface area contributed by atoms with Gasteiger partial charge in [0.1, 0.15) is 0 Å². The molecule has 0 aromatic heterocycles. The lowest BCUT2D eigenvalue weighted by molar-refractivity contribution is -0.122. The van der Waals surface area contributed by atoms with E-state index >= 15 is 0 Å². The zero-order chi connectivity index (χ0) is 13.4. The van der Waals surface area contributed by atoms with Crippen molar-refractivity contribution in [1.29, 1.82) is 0 Å². The molecule has 0 aliphatic carbocycles. The van der Waals surface area contributed by atoms with Crippen LogP contribution in [-0.4, -0.2) is 44.7 Å². The average molecular weight is 250 g/mol. The first-order valence-electron chi connectivity index (χ1n) is 6.16. The molecular formula is C14H22N2O2. The fraction of sp³-hybridized carbons (Fsp3) is 0.500. The first-order valence-corrected chi connectivity index (χ1v) is 6.16. The molecule has 0 unspecified atom stereocenters. The first kappa shape index (κ1) is 14.7. The Bertz CT molecular complexity index is 354. The van der Waals surface area contributed by atoms with Gasteiger partial charge in [-0.1, -0.05) is 30.3 Å². The molecule has 0 bridgehead atoms. The third kappa shape index (κ3) is 4.85. The number of carbonyl (C=O) groups excluding carboxylic acids is 1. The second kappa shape index (κ2) is 7.84. The van der Waals surface area contributed by atoms with Crippen LogP contribution in [0.4, 0.5) is 0 Å². The van der Waals surface area contributed by atoms with Crippen LogP contribution in [-0.2, 0) is 9.53 Å². The number of nitrogens with zero attached hydrogens (tertiary/aromatic N) is 1. The zero-order valence-corrected chi connectivity index (χ0v) is 11.3. The summed E-state index contributed by atoms with van der Waals surface area (Å²) in [6.45, 7) is 3.59. The Morgan fingerprint density at radius 3 is 2.67 bits per heavy atom. The van der Waals surface area contributed by atoms with Crippen LogP contribution in [0, 0.1) is 0 Å². The predicted octanol–water partition coefficient (Wildman–Crippen LogP) is 1.44. The molecule has 4 nitrogen and oxygen atoms in total. The predicted molar refractivity (Wildman–Crippen MR) is 72.4 cm³/mol. The number of amides is 1. The largest absolute Gasteiger partial charge is 0.383 e. The number of rotatable bonds is 7. The van der Waals surface area contributed by atoms with Crippen LogP contribution in [0.3, 0.4) is 0 Å². The maximum absolute atomic E-state index is 11.7. The van der Waals surface area contributed by atoms with E-state index in [1.54, 1.807) is 7.11 Å². The summed E-state index contributed by atoms with van der Waals surface area (Å²) < 4.78 is 4.89. The van der Waals surface area contributed by atoms with E-state index in [2.05, 4.69) is 24.4 Å². The molecule has 0 spiro atoms. The number of ether oxygens (including phenoxy) is 1. The van der Waals surface area contributed by atoms with Crippen molar-refractivity contribution in [3.8, 4) is 0 Å². The molecule has 0 saturated heterocycles. The molecule has 0 heterocycles. The molecule has 1 aromatic carbocycles. The van der Waals surface area contributed by atoms with Crippen molar-refractivity contribution in [3.63, 3.8) is 0 Å². The lowest BCUT2D eigenvalue weighted by Crippen LogP contribution is -2.37. The van der Waals surface area contributed by atoms with Crippen molar-refractivity contribution in [3.05, 3.63) is 35.9 Å². The van der Waals surface area contributed by atoms with Gasteiger partial charge in [-0.3, -0.25) is 9.69 Å². The number of likely N-dealkylation sites (N-methyl/N-ethyl adjacent to an activating group) is 1. The van der Waals surface area contributed by atoms with Gasteiger partial charge in [0.05, 0.1) is 13.2 Å². The molecule has 0 fully saturated rings. The van der Waals surface area contributed by atoms with Gasteiger partial charge in [0, 0.05) is 19.7 Å². The topological polar surface area (TPSA) is 41.6 Å². The van der Waals surface area contributed by atoms with E-state index in [4.69, 9.17) is 4.74 Å². The van der Waals surface area contributed by atoms with E-state index in [-0.39, 0.29) is 11.9 Å². The van der Waals surface area contributed by atoms with Crippen LogP contribution >= 0.6 is 0 Å². The summed E-state index contributed by atoms with van der Waals surface area (Å²) >= 11 is 0. The molecule has 1 aromatic rings. The summed E-state index contributed by atoms with van der Waals surface area (Å²) in [5.74, 6) is 0.0253. The van der Waals surface area contributed by atoms with Gasteiger partial charge in [-0.15, -0.1) is 0 Å². The Morgan fingerprint density at radius 2 is 2.06 bits per heavy atom. The fourth-order valence-electron chi connectivity index (χ4n) is 1.70. The number of hydrogen-bond donors (Lipinski definition) is 1. The van der Waals surface area contributed by atoms with Crippen LogP contribution in [0.1, 0.15) is 18.5 Å². The van der Waals surface area contributed by atoms with E-state index in [1.165, 1.54) is 5.56 Å². The third-order valence-corrected chi connectivity index (χ3v) is 2.96. The summed E-state index contributed by atoms with van der Waals surface area (Å²) in [6.07, 6.45) is 0. The van der Waals surface area contributed by atoms with E-state index in [9.17, 15) is 4.79 Å². The highest BCUT2D eigenvalue weighted by atomic mass is 16.5. The van der Waals surface area contributed by atoms with Crippen LogP contribution < -0.4 is 5.32 Å². The van der Waals surface area contributed by atoms with Crippen molar-refractivity contribution in [1.82, 2.24) is 10.2 Å². The van der Waals surface area contributed by atoms with Gasteiger partial charge < -0.3 is 10.1 Å². The van der Waals surface area contributed by atoms with E-state index in [1.807, 2.05) is 30.1 Å². The van der Waals surface area contributed by atoms with Gasteiger partial charge in [0.2, 0.25) is 5.91 Å². The minimum absolute atomic E-state index is 0.0253. The molecule has 0 aliphatic heterocycles. The maximum Gasteiger partial charge on any atom is 0.234 e. The normalized spacial score (nSPS) is 12.4. The second-order valence-corrected chi connectivity index (χ2v) is 4.34. The van der Waals surface area contributed by atoms with Crippen molar-refractivity contribution in [2.45, 2.75) is 13.0 Å². The second-order valence-electron chi connectivity index (χ2n) is 4.34. The molecule has 0 radical (unpaired) electrons. The SMILES string of the molecule is COCCNC(=O)CN(C)[C@H](C)c1ccccc1. The van der Waals surface area contributed by atoms with Crippen molar-refractivity contribution >= 4 is 5.91 Å². The first-order chi connectivity index (χ1) is 8.65. The van der Waals surface area contributed by atoms with Crippen LogP contribution in [0.2, 0.25) is 0 Å². The highest BCUT2D eigenvalue weighted by Crippen LogP contribution is 2.17. The summed E-state index contributed by atoms with van der Waals surface area (Å²) in [6, 6.07) is 10.4. The van der Waals surface area contributed by atoms with Crippen LogP contribution in [0.5, 0.6) is 0 Å². The Hall–Kier alpha value is -1.39. The molecule has 1 N–H and O–H groups in total. The molecule has 1 rings (SSSR count). The lowest BCUT2D eigenvalue weighted by atomic mass is 10.1. The van der Waals surface area contributed by atoms with E-state index in [0.717, 1.165) is 0 Å². The van der Waals surface area contributed by atoms with Crippen LogP contribution in [0.15, 0.2) is 30.3 Å². The Kier molecular flexibility index (Phi) is 6.39. The van der Waals surface area contributed by atoms with Crippen molar-refractivity contribution in [2.75, 3.05) is 33.9 Å². The number of nitrogens with one attached hydrogen (secondary N) is 1. The molecule has 0 saturated carbocycles. The Labute approximate surface area is 109 Å². The highest BCUT2D eigenvalue weighted by Gasteiger charge is 2.14. The van der Waals surface area contributed by atoms with Gasteiger partial charge >= 0.3 is 0 Å². The summed E-state index contributed by atoms with van der Waals surface area (Å²) in [4.78, 5) is 13.7. The third-order valence-electron chi connectivity index (χ3n) is 2.96. The number of methoxy groups -OCH3 is 1. The molecule has 4 heteroatoms. The highest BCUT2D eigenvalue weighted by molar-refractivity contribution is 5.78. The average Bonchev–Trinajstić information content (AvgIpc) is 2.39. The quantitative estimate of drug-likeness (QED) is 0.745. The Morgan fingerprint density at radius 1 is 1.39 bits per heavy atom. The molecule has 1 atom stereocenters. The summed E-state index contributed by atoms with van der Waals surface area (Å²) in [5, 5.41) is 2.82. The zero-order valence-electron chi connectivity index (χ0n) is 11.3. The molecule has 100 valence electrons. The monoisotopic (exact) mass is 250 g/mol. The molecule has 1 amide bonds. The van der Waals surface area contributed by atoms with E-state index < -0.39 is 0 Å². The van der Waals surface area contributed by atoms with Gasteiger partial charge in [-0.05, 0) is 19.5 Å². The number of carbonyl (C=O) groups is 1. The van der Waals surface area contributed by atoms with E-state index in [0.29, 0.717) is 19.7 Å². The van der Waals surface area contributed by atoms with Crippen molar-refractivity contribution in [2.24, 2.45) is 0 Å². The van der Waals surface area contributed by atoms with Gasteiger partial charge in [0.25, 0.3) is 0 Å². The maximum atomic E-state index is 11.7. The van der Waals surface area contributed by atoms with Crippen LogP contribution in [0.25, 0.3) is 0 Å². The fourth-order valence-corrected chi connectivity index (χ4v) is 1.70. The summed E-state index contributed by atoms with van der Waals surface area (Å²) in [5.41, 5.74) is 1.21. The summed E-state index contributed by atoms with van der Waals surface area (Å²) in [7, 11) is 3.57. The van der Waals surface area contributed by atoms with Crippen molar-refractivity contribution < 1.29 is 9.53 Å². The number of hydrogen-bond acceptors (Lipinski definition) is 3. The standard InChI is InChI=1S/C14H22N2O2/c1-12(13-7-5-4-6-8-13)16(2)11-14(17)15-9-10-18-3/h4-8,12H,9-11H2,1-3H3,(H,15,17)/t12-/m1/s1. The molecule has 0 aliphatic rings. The smallest absolute Gasteiger partial charge is 0.234 e. The lowest BCUT2D eigenvalue weighted by Gasteiger charge is -2.24. The minimum atomic E-state index is 0.0253. The molecule has 18 heavy (non-hydrogen) atoms. The molecular weight excluding hydrogens is 228 g/mol. The Balaban J connectivity index is 2.40. The van der Waals surface area contributed by atoms with Gasteiger partial charge in [-0.2, -0.15) is 0 Å². The minimum Gasteiger partial charge on any atom is -0.383 e. The van der Waals surface area contributed by atoms with Gasteiger partial charge in [-0.25, -0.2) is 0 Å². The number of benzene rings is 1. The van der Waals surface area contributed by atoms with Gasteiger partial charge in [0.15, 0.2) is 0 Å².